The van der Waals surface area contributed by atoms with E-state index in [9.17, 15) is 17.6 Å². The highest BCUT2D eigenvalue weighted by Gasteiger charge is 2.17. The first-order chi connectivity index (χ1) is 15.9. The zero-order valence-corrected chi connectivity index (χ0v) is 19.7. The molecule has 0 unspecified atom stereocenters. The quantitative estimate of drug-likeness (QED) is 0.115. The molecule has 166 valence electrons. The van der Waals surface area contributed by atoms with Gasteiger partial charge in [0, 0.05) is 19.8 Å². The van der Waals surface area contributed by atoms with E-state index in [4.69, 9.17) is 0 Å². The van der Waals surface area contributed by atoms with Crippen LogP contribution in [0.2, 0.25) is 0 Å². The van der Waals surface area contributed by atoms with Gasteiger partial charge in [-0.2, -0.15) is 4.99 Å². The maximum atomic E-state index is 14.7. The summed E-state index contributed by atoms with van der Waals surface area (Å²) in [7, 11) is 0. The zero-order valence-electron chi connectivity index (χ0n) is 17.3. The van der Waals surface area contributed by atoms with Crippen LogP contribution in [0.15, 0.2) is 41.4 Å². The fourth-order valence-corrected chi connectivity index (χ4v) is 5.72. The Morgan fingerprint density at radius 3 is 2.12 bits per heavy atom. The lowest BCUT2D eigenvalue weighted by atomic mass is 10.0. The molecule has 0 aliphatic rings. The molecule has 8 heteroatoms. The third kappa shape index (κ3) is 5.07. The Balaban J connectivity index is 1.61. The fourth-order valence-electron chi connectivity index (χ4n) is 3.33. The molecule has 0 amide bonds. The van der Waals surface area contributed by atoms with Crippen LogP contribution in [0.25, 0.3) is 19.8 Å². The lowest BCUT2D eigenvalue weighted by Crippen LogP contribution is -1.93. The van der Waals surface area contributed by atoms with E-state index >= 15 is 0 Å². The van der Waals surface area contributed by atoms with Crippen molar-refractivity contribution in [2.24, 2.45) is 4.99 Å². The molecule has 0 bridgehead atoms. The molecule has 2 heterocycles. The van der Waals surface area contributed by atoms with Gasteiger partial charge < -0.3 is 0 Å². The number of hydrogen-bond donors (Lipinski definition) is 0. The van der Waals surface area contributed by atoms with Crippen molar-refractivity contribution < 1.29 is 17.6 Å². The van der Waals surface area contributed by atoms with Gasteiger partial charge in [-0.3, -0.25) is 0 Å². The van der Waals surface area contributed by atoms with E-state index in [0.29, 0.717) is 21.7 Å². The second-order valence-corrected chi connectivity index (χ2v) is 9.58. The van der Waals surface area contributed by atoms with Crippen molar-refractivity contribution in [1.82, 2.24) is 0 Å². The molecule has 0 saturated carbocycles. The number of benzene rings is 2. The van der Waals surface area contributed by atoms with Gasteiger partial charge in [-0.15, -0.1) is 22.7 Å². The number of unbranched alkanes of at least 4 members (excludes halogenated alkanes) is 1. The second-order valence-electron chi connectivity index (χ2n) is 7.23. The predicted octanol–water partition coefficient (Wildman–Crippen LogP) is 8.66. The monoisotopic (exact) mass is 501 g/mol. The number of aliphatic imine (C=N–C) groups is 1. The Labute approximate surface area is 201 Å². The van der Waals surface area contributed by atoms with Crippen molar-refractivity contribution in [3.05, 3.63) is 75.7 Å². The summed E-state index contributed by atoms with van der Waals surface area (Å²) in [5, 5.41) is 1.94. The van der Waals surface area contributed by atoms with Crippen LogP contribution in [0.5, 0.6) is 0 Å². The molecule has 0 spiro atoms. The summed E-state index contributed by atoms with van der Waals surface area (Å²) in [6, 6.07) is 8.49. The number of fused-ring (bicyclic) bond motifs is 1. The lowest BCUT2D eigenvalue weighted by molar-refractivity contribution is 0.585. The number of isothiocyanates is 1. The molecule has 2 aromatic heterocycles. The number of aryl methyl sites for hydroxylation is 1. The molecule has 33 heavy (non-hydrogen) atoms. The van der Waals surface area contributed by atoms with E-state index in [-0.39, 0.29) is 11.1 Å². The molecule has 0 aliphatic carbocycles. The average Bonchev–Trinajstić information content (AvgIpc) is 3.31. The molecular weight excluding hydrogens is 486 g/mol. The van der Waals surface area contributed by atoms with E-state index < -0.39 is 29.0 Å². The van der Waals surface area contributed by atoms with Crippen molar-refractivity contribution in [1.29, 1.82) is 0 Å². The molecule has 1 nitrogen and oxygen atoms in total. The third-order valence-electron chi connectivity index (χ3n) is 4.88. The smallest absolute Gasteiger partial charge is 0.153 e. The van der Waals surface area contributed by atoms with Gasteiger partial charge in [-0.25, -0.2) is 17.6 Å². The molecule has 0 N–H and O–H groups in total. The average molecular weight is 502 g/mol. The Bertz CT molecular complexity index is 1390. The summed E-state index contributed by atoms with van der Waals surface area (Å²) in [5.41, 5.74) is 0.276. The Morgan fingerprint density at radius 1 is 0.848 bits per heavy atom. The normalized spacial score (nSPS) is 10.7. The summed E-state index contributed by atoms with van der Waals surface area (Å²) in [5.74, 6) is 2.71. The molecule has 0 fully saturated rings. The molecular formula is C25H15F4NS3. The van der Waals surface area contributed by atoms with Crippen LogP contribution in [0.3, 0.4) is 0 Å². The fraction of sp³-hybridized carbons (Fsp3) is 0.160. The Kier molecular flexibility index (Phi) is 7.06. The van der Waals surface area contributed by atoms with Gasteiger partial charge in [0.1, 0.15) is 17.3 Å². The maximum Gasteiger partial charge on any atom is 0.153 e. The minimum absolute atomic E-state index is 0.0266. The number of thiophene rings is 2. The first-order valence-corrected chi connectivity index (χ1v) is 12.0. The lowest BCUT2D eigenvalue weighted by Gasteiger charge is -2.06. The predicted molar refractivity (Wildman–Crippen MR) is 131 cm³/mol. The van der Waals surface area contributed by atoms with E-state index in [0.717, 1.165) is 34.4 Å². The second kappa shape index (κ2) is 9.98. The van der Waals surface area contributed by atoms with Crippen LogP contribution >= 0.6 is 34.9 Å². The summed E-state index contributed by atoms with van der Waals surface area (Å²) in [4.78, 5) is 4.54. The van der Waals surface area contributed by atoms with Crippen molar-refractivity contribution in [3.63, 3.8) is 0 Å². The molecule has 0 saturated heterocycles. The van der Waals surface area contributed by atoms with Crippen LogP contribution < -0.4 is 0 Å². The maximum absolute atomic E-state index is 14.7. The van der Waals surface area contributed by atoms with E-state index in [1.165, 1.54) is 34.8 Å². The first-order valence-electron chi connectivity index (χ1n) is 10.00. The minimum atomic E-state index is -0.877. The van der Waals surface area contributed by atoms with Crippen LogP contribution in [0, 0.1) is 35.1 Å². The van der Waals surface area contributed by atoms with Crippen LogP contribution in [-0.2, 0) is 6.42 Å². The van der Waals surface area contributed by atoms with Gasteiger partial charge in [-0.1, -0.05) is 25.2 Å². The van der Waals surface area contributed by atoms with E-state index in [1.807, 2.05) is 12.1 Å². The number of hydrogen-bond acceptors (Lipinski definition) is 4. The molecule has 2 aromatic carbocycles. The number of nitrogens with zero attached hydrogens (tertiary/aromatic N) is 1. The van der Waals surface area contributed by atoms with E-state index in [1.54, 1.807) is 12.1 Å². The standard InChI is InChI=1S/C25H15F4NS3/c1-2-3-4-14-7-17(26)24(18(27)8-14)23-12-22-21(33-23)11-16(32-22)6-5-15-9-19(28)25(30-13-31)20(29)10-15/h7-12H,2-4H2,1H3. The van der Waals surface area contributed by atoms with Gasteiger partial charge in [-0.05, 0) is 67.0 Å². The number of halogens is 4. The van der Waals surface area contributed by atoms with Crippen molar-refractivity contribution >= 4 is 55.1 Å². The van der Waals surface area contributed by atoms with E-state index in [2.05, 4.69) is 29.1 Å². The number of thiocarbonyl (C=S) groups is 1. The van der Waals surface area contributed by atoms with Gasteiger partial charge in [0.15, 0.2) is 11.6 Å². The van der Waals surface area contributed by atoms with Crippen molar-refractivity contribution in [3.8, 4) is 22.3 Å². The van der Waals surface area contributed by atoms with Gasteiger partial charge in [0.25, 0.3) is 0 Å². The van der Waals surface area contributed by atoms with Crippen molar-refractivity contribution in [2.45, 2.75) is 26.2 Å². The van der Waals surface area contributed by atoms with Crippen LogP contribution in [-0.4, -0.2) is 5.16 Å². The molecule has 4 aromatic rings. The molecule has 0 radical (unpaired) electrons. The first kappa shape index (κ1) is 23.3. The molecule has 4 rings (SSSR count). The summed E-state index contributed by atoms with van der Waals surface area (Å²) in [6.07, 6.45) is 2.47. The van der Waals surface area contributed by atoms with Crippen molar-refractivity contribution in [2.75, 3.05) is 0 Å². The van der Waals surface area contributed by atoms with Crippen LogP contribution in [0.1, 0.15) is 35.8 Å². The highest BCUT2D eigenvalue weighted by atomic mass is 32.1. The summed E-state index contributed by atoms with van der Waals surface area (Å²) >= 11 is 6.99. The van der Waals surface area contributed by atoms with Gasteiger partial charge in [0.05, 0.1) is 15.6 Å². The highest BCUT2D eigenvalue weighted by molar-refractivity contribution is 7.78. The van der Waals surface area contributed by atoms with Gasteiger partial charge >= 0.3 is 0 Å². The number of rotatable bonds is 5. The summed E-state index contributed by atoms with van der Waals surface area (Å²) < 4.78 is 58.9. The largest absolute Gasteiger partial charge is 0.206 e. The van der Waals surface area contributed by atoms with Gasteiger partial charge in [0.2, 0.25) is 0 Å². The van der Waals surface area contributed by atoms with Crippen LogP contribution in [0.4, 0.5) is 23.2 Å². The summed E-state index contributed by atoms with van der Waals surface area (Å²) in [6.45, 7) is 2.03. The zero-order chi connectivity index (χ0) is 23.5. The molecule has 0 aliphatic heterocycles. The SMILES string of the molecule is CCCCc1cc(F)c(-c2cc3sc(C#Cc4cc(F)c(N=C=S)c(F)c4)cc3s2)c(F)c1. The Hall–Kier alpha value is -2.82. The topological polar surface area (TPSA) is 12.4 Å². The highest BCUT2D eigenvalue weighted by Crippen LogP contribution is 2.40. The minimum Gasteiger partial charge on any atom is -0.206 e. The third-order valence-corrected chi connectivity index (χ3v) is 7.20. The molecule has 0 atom stereocenters. The Morgan fingerprint density at radius 2 is 1.52 bits per heavy atom.